The zero-order valence-corrected chi connectivity index (χ0v) is 5.94. The Labute approximate surface area is 59.6 Å². The molecule has 0 amide bonds. The van der Waals surface area contributed by atoms with Gasteiger partial charge >= 0.3 is 5.97 Å². The highest BCUT2D eigenvalue weighted by Crippen LogP contribution is 1.94. The van der Waals surface area contributed by atoms with Crippen LogP contribution >= 0.6 is 12.4 Å². The largest absolute Gasteiger partial charge is 0.479 e. The molecule has 0 fully saturated rings. The van der Waals surface area contributed by atoms with E-state index in [1.54, 1.807) is 6.92 Å². The first-order valence-electron chi connectivity index (χ1n) is 2.32. The molecule has 0 atom stereocenters. The molecule has 56 valence electrons. The van der Waals surface area contributed by atoms with Crippen LogP contribution in [-0.4, -0.2) is 16.7 Å². The lowest BCUT2D eigenvalue weighted by Crippen LogP contribution is -2.55. The molecule has 0 aromatic heterocycles. The van der Waals surface area contributed by atoms with Gasteiger partial charge in [0.1, 0.15) is 0 Å². The van der Waals surface area contributed by atoms with E-state index in [0.717, 1.165) is 0 Å². The number of rotatable bonds is 2. The molecule has 0 spiro atoms. The van der Waals surface area contributed by atoms with Gasteiger partial charge in [-0.3, -0.25) is 0 Å². The fourth-order valence-electron chi connectivity index (χ4n) is 0.151. The van der Waals surface area contributed by atoms with Gasteiger partial charge in [0, 0.05) is 0 Å². The minimum Gasteiger partial charge on any atom is -0.479 e. The van der Waals surface area contributed by atoms with Crippen molar-refractivity contribution < 1.29 is 9.90 Å². The summed E-state index contributed by atoms with van der Waals surface area (Å²) >= 11 is 0. The van der Waals surface area contributed by atoms with Crippen molar-refractivity contribution in [3.63, 3.8) is 0 Å². The normalized spacial score (nSPS) is 10.1. The van der Waals surface area contributed by atoms with Gasteiger partial charge in [0.25, 0.3) is 0 Å². The molecule has 0 aliphatic rings. The maximum absolute atomic E-state index is 10.0. The molecule has 9 heavy (non-hydrogen) atoms. The highest BCUT2D eigenvalue weighted by molar-refractivity contribution is 5.85. The minimum atomic E-state index is -1.54. The summed E-state index contributed by atoms with van der Waals surface area (Å²) in [6.45, 7) is 1.62. The molecule has 5 heteroatoms. The summed E-state index contributed by atoms with van der Waals surface area (Å²) < 4.78 is 0. The van der Waals surface area contributed by atoms with E-state index in [4.69, 9.17) is 16.6 Å². The number of carbonyl (C=O) groups is 1. The van der Waals surface area contributed by atoms with Crippen molar-refractivity contribution >= 4 is 18.4 Å². The molecular formula is C4H11ClN2O2. The standard InChI is InChI=1S/C4H10N2O2.ClH/c1-2-4(5,6)3(7)8;/h2,5-6H2,1H3,(H,7,8);1H. The molecule has 0 rings (SSSR count). The summed E-state index contributed by atoms with van der Waals surface area (Å²) in [4.78, 5) is 10.0. The molecule has 4 nitrogen and oxygen atoms in total. The van der Waals surface area contributed by atoms with E-state index in [0.29, 0.717) is 0 Å². The molecule has 0 saturated heterocycles. The number of nitrogens with two attached hydrogens (primary N) is 2. The lowest BCUT2D eigenvalue weighted by molar-refractivity contribution is -0.143. The Bertz CT molecular complexity index is 105. The third-order valence-electron chi connectivity index (χ3n) is 0.983. The van der Waals surface area contributed by atoms with Crippen LogP contribution in [0.3, 0.4) is 0 Å². The van der Waals surface area contributed by atoms with E-state index in [-0.39, 0.29) is 18.8 Å². The highest BCUT2D eigenvalue weighted by atomic mass is 35.5. The Hall–Kier alpha value is -0.320. The van der Waals surface area contributed by atoms with Crippen LogP contribution in [0.2, 0.25) is 0 Å². The second-order valence-electron chi connectivity index (χ2n) is 1.70. The maximum atomic E-state index is 10.0. The van der Waals surface area contributed by atoms with E-state index >= 15 is 0 Å². The van der Waals surface area contributed by atoms with Crippen LogP contribution in [0.5, 0.6) is 0 Å². The fourth-order valence-corrected chi connectivity index (χ4v) is 0.151. The smallest absolute Gasteiger partial charge is 0.338 e. The second-order valence-corrected chi connectivity index (χ2v) is 1.70. The van der Waals surface area contributed by atoms with Crippen molar-refractivity contribution in [2.24, 2.45) is 11.5 Å². The predicted molar refractivity (Wildman–Crippen MR) is 36.3 cm³/mol. The third kappa shape index (κ3) is 3.29. The van der Waals surface area contributed by atoms with Crippen LogP contribution in [0.25, 0.3) is 0 Å². The summed E-state index contributed by atoms with van der Waals surface area (Å²) in [5.74, 6) is -1.17. The summed E-state index contributed by atoms with van der Waals surface area (Å²) in [6, 6.07) is 0. The van der Waals surface area contributed by atoms with Gasteiger partial charge in [-0.2, -0.15) is 0 Å². The van der Waals surface area contributed by atoms with E-state index in [2.05, 4.69) is 0 Å². The lowest BCUT2D eigenvalue weighted by atomic mass is 10.1. The van der Waals surface area contributed by atoms with Crippen LogP contribution < -0.4 is 11.5 Å². The van der Waals surface area contributed by atoms with Crippen molar-refractivity contribution in [1.82, 2.24) is 0 Å². The summed E-state index contributed by atoms with van der Waals surface area (Å²) in [7, 11) is 0. The quantitative estimate of drug-likeness (QED) is 0.469. The molecule has 5 N–H and O–H groups in total. The summed E-state index contributed by atoms with van der Waals surface area (Å²) in [5, 5.41) is 8.19. The Morgan fingerprint density at radius 3 is 2.00 bits per heavy atom. The SMILES string of the molecule is CCC(N)(N)C(=O)O.Cl. The van der Waals surface area contributed by atoms with Crippen LogP contribution in [0.4, 0.5) is 0 Å². The molecule has 0 aliphatic carbocycles. The van der Waals surface area contributed by atoms with E-state index in [1.807, 2.05) is 0 Å². The molecule has 0 aromatic carbocycles. The van der Waals surface area contributed by atoms with Gasteiger partial charge in [-0.25, -0.2) is 4.79 Å². The summed E-state index contributed by atoms with van der Waals surface area (Å²) in [6.07, 6.45) is 0.238. The molecule has 0 aliphatic heterocycles. The zero-order chi connectivity index (χ0) is 6.78. The van der Waals surface area contributed by atoms with Gasteiger partial charge in [-0.1, -0.05) is 6.92 Å². The number of carboxylic acid groups (broad SMARTS) is 1. The van der Waals surface area contributed by atoms with Gasteiger partial charge in [0.05, 0.1) is 0 Å². The molecule has 0 radical (unpaired) electrons. The minimum absolute atomic E-state index is 0. The van der Waals surface area contributed by atoms with Gasteiger partial charge in [-0.05, 0) is 6.42 Å². The molecule has 0 heterocycles. The first kappa shape index (κ1) is 11.5. The maximum Gasteiger partial charge on any atom is 0.338 e. The van der Waals surface area contributed by atoms with Crippen LogP contribution in [0, 0.1) is 0 Å². The van der Waals surface area contributed by atoms with E-state index in [1.165, 1.54) is 0 Å². The monoisotopic (exact) mass is 154 g/mol. The van der Waals surface area contributed by atoms with Crippen molar-refractivity contribution in [2.45, 2.75) is 19.0 Å². The van der Waals surface area contributed by atoms with Gasteiger partial charge in [-0.15, -0.1) is 12.4 Å². The number of hydrogen-bond donors (Lipinski definition) is 3. The number of carboxylic acids is 1. The van der Waals surface area contributed by atoms with Gasteiger partial charge in [0.15, 0.2) is 5.66 Å². The molecule has 0 unspecified atom stereocenters. The molecular weight excluding hydrogens is 144 g/mol. The van der Waals surface area contributed by atoms with Crippen LogP contribution in [0.1, 0.15) is 13.3 Å². The van der Waals surface area contributed by atoms with E-state index in [9.17, 15) is 4.79 Å². The Morgan fingerprint density at radius 2 is 2.00 bits per heavy atom. The van der Waals surface area contributed by atoms with Gasteiger partial charge in [0.2, 0.25) is 0 Å². The molecule has 0 saturated carbocycles. The second kappa shape index (κ2) is 3.66. The molecule has 0 bridgehead atoms. The first-order valence-corrected chi connectivity index (χ1v) is 2.32. The first-order chi connectivity index (χ1) is 3.50. The van der Waals surface area contributed by atoms with Crippen LogP contribution in [0.15, 0.2) is 0 Å². The van der Waals surface area contributed by atoms with Crippen molar-refractivity contribution in [2.75, 3.05) is 0 Å². The van der Waals surface area contributed by atoms with Crippen molar-refractivity contribution in [3.05, 3.63) is 0 Å². The zero-order valence-electron chi connectivity index (χ0n) is 5.13. The van der Waals surface area contributed by atoms with Crippen molar-refractivity contribution in [1.29, 1.82) is 0 Å². The Kier molecular flexibility index (Phi) is 4.66. The van der Waals surface area contributed by atoms with Crippen molar-refractivity contribution in [3.8, 4) is 0 Å². The third-order valence-corrected chi connectivity index (χ3v) is 0.983. The average molecular weight is 155 g/mol. The topological polar surface area (TPSA) is 89.3 Å². The Balaban J connectivity index is 0. The van der Waals surface area contributed by atoms with E-state index < -0.39 is 11.6 Å². The lowest BCUT2D eigenvalue weighted by Gasteiger charge is -2.14. The number of halogens is 1. The fraction of sp³-hybridized carbons (Fsp3) is 0.750. The average Bonchev–Trinajstić information content (AvgIpc) is 1.67. The highest BCUT2D eigenvalue weighted by Gasteiger charge is 2.25. The molecule has 0 aromatic rings. The van der Waals surface area contributed by atoms with Crippen LogP contribution in [-0.2, 0) is 4.79 Å². The number of hydrogen-bond acceptors (Lipinski definition) is 3. The predicted octanol–water partition coefficient (Wildman–Crippen LogP) is -0.484. The van der Waals surface area contributed by atoms with Gasteiger partial charge < -0.3 is 16.6 Å². The Morgan fingerprint density at radius 1 is 1.67 bits per heavy atom. The summed E-state index contributed by atoms with van der Waals surface area (Å²) in [5.41, 5.74) is 8.53. The number of aliphatic carboxylic acids is 1.